The van der Waals surface area contributed by atoms with Crippen LogP contribution in [0.2, 0.25) is 0 Å². The average molecular weight is 357 g/mol. The Balaban J connectivity index is 1.95. The van der Waals surface area contributed by atoms with E-state index in [1.807, 2.05) is 45.9 Å². The number of nitrogens with two attached hydrogens (primary N) is 1. The van der Waals surface area contributed by atoms with Gasteiger partial charge in [0.15, 0.2) is 0 Å². The van der Waals surface area contributed by atoms with E-state index in [4.69, 9.17) is 15.7 Å². The van der Waals surface area contributed by atoms with E-state index >= 15 is 0 Å². The molecule has 2 atom stereocenters. The highest BCUT2D eigenvalue weighted by Gasteiger charge is 2.29. The van der Waals surface area contributed by atoms with Crippen LogP contribution in [0, 0.1) is 17.2 Å². The van der Waals surface area contributed by atoms with Gasteiger partial charge in [-0.3, -0.25) is 0 Å². The molecule has 1 aliphatic heterocycles. The lowest BCUT2D eigenvalue weighted by molar-refractivity contribution is 0.0178. The number of ether oxygens (including phenoxy) is 1. The van der Waals surface area contributed by atoms with Gasteiger partial charge in [-0.25, -0.2) is 4.79 Å². The SMILES string of the molecule is C[C@@H](N)[C@H](CC1CCN(C(=O)OC(C)(C)C)CC1)c1cccc(C#N)c1. The molecule has 0 aliphatic carbocycles. The van der Waals surface area contributed by atoms with Gasteiger partial charge in [0.1, 0.15) is 5.60 Å². The first-order valence-electron chi connectivity index (χ1n) is 9.43. The van der Waals surface area contributed by atoms with Crippen LogP contribution in [0.15, 0.2) is 24.3 Å². The second-order valence-corrected chi connectivity index (χ2v) is 8.35. The molecule has 2 N–H and O–H groups in total. The lowest BCUT2D eigenvalue weighted by Crippen LogP contribution is -2.42. The van der Waals surface area contributed by atoms with E-state index in [2.05, 4.69) is 12.1 Å². The first-order chi connectivity index (χ1) is 12.2. The van der Waals surface area contributed by atoms with Crippen molar-refractivity contribution < 1.29 is 9.53 Å². The van der Waals surface area contributed by atoms with Crippen molar-refractivity contribution in [3.8, 4) is 6.07 Å². The second kappa shape index (κ2) is 8.55. The number of carbonyl (C=O) groups excluding carboxylic acids is 1. The third kappa shape index (κ3) is 5.74. The van der Waals surface area contributed by atoms with Gasteiger partial charge in [-0.15, -0.1) is 0 Å². The predicted molar refractivity (Wildman–Crippen MR) is 103 cm³/mol. The van der Waals surface area contributed by atoms with Crippen LogP contribution in [0.1, 0.15) is 64.0 Å². The molecular formula is C21H31N3O2. The Kier molecular flexibility index (Phi) is 6.66. The standard InChI is InChI=1S/C21H31N3O2/c1-15(23)19(18-7-5-6-17(12-18)14-22)13-16-8-10-24(11-9-16)20(25)26-21(2,3)4/h5-7,12,15-16,19H,8-11,13,23H2,1-4H3/t15-,19+/m1/s1. The molecule has 2 rings (SSSR count). The number of carbonyl (C=O) groups is 1. The number of hydrogen-bond acceptors (Lipinski definition) is 4. The molecule has 5 heteroatoms. The Hall–Kier alpha value is -2.06. The summed E-state index contributed by atoms with van der Waals surface area (Å²) in [5.41, 5.74) is 7.60. The highest BCUT2D eigenvalue weighted by molar-refractivity contribution is 5.68. The molecule has 142 valence electrons. The van der Waals surface area contributed by atoms with Gasteiger partial charge in [0.25, 0.3) is 0 Å². The van der Waals surface area contributed by atoms with Crippen molar-refractivity contribution in [2.24, 2.45) is 11.7 Å². The van der Waals surface area contributed by atoms with E-state index in [1.54, 1.807) is 4.90 Å². The molecule has 0 spiro atoms. The summed E-state index contributed by atoms with van der Waals surface area (Å²) < 4.78 is 5.46. The number of piperidine rings is 1. The predicted octanol–water partition coefficient (Wildman–Crippen LogP) is 4.03. The van der Waals surface area contributed by atoms with Crippen molar-refractivity contribution in [1.29, 1.82) is 5.26 Å². The van der Waals surface area contributed by atoms with Crippen molar-refractivity contribution in [3.05, 3.63) is 35.4 Å². The minimum Gasteiger partial charge on any atom is -0.444 e. The van der Waals surface area contributed by atoms with Gasteiger partial charge in [0, 0.05) is 19.1 Å². The maximum atomic E-state index is 12.2. The molecule has 26 heavy (non-hydrogen) atoms. The van der Waals surface area contributed by atoms with E-state index in [0.29, 0.717) is 11.5 Å². The molecule has 0 bridgehead atoms. The molecule has 1 saturated heterocycles. The first kappa shape index (κ1) is 20.3. The number of hydrogen-bond donors (Lipinski definition) is 1. The van der Waals surface area contributed by atoms with Crippen LogP contribution in [0.3, 0.4) is 0 Å². The average Bonchev–Trinajstić information content (AvgIpc) is 2.58. The Morgan fingerprint density at radius 1 is 1.38 bits per heavy atom. The summed E-state index contributed by atoms with van der Waals surface area (Å²) in [5, 5.41) is 9.14. The van der Waals surface area contributed by atoms with Crippen LogP contribution in [-0.4, -0.2) is 35.7 Å². The topological polar surface area (TPSA) is 79.3 Å². The van der Waals surface area contributed by atoms with Gasteiger partial charge in [0.05, 0.1) is 11.6 Å². The molecule has 5 nitrogen and oxygen atoms in total. The third-order valence-electron chi connectivity index (χ3n) is 4.93. The van der Waals surface area contributed by atoms with Crippen molar-refractivity contribution in [1.82, 2.24) is 4.90 Å². The van der Waals surface area contributed by atoms with Gasteiger partial charge < -0.3 is 15.4 Å². The number of benzene rings is 1. The number of nitrogens with zero attached hydrogens (tertiary/aromatic N) is 2. The zero-order valence-electron chi connectivity index (χ0n) is 16.4. The molecule has 0 aromatic heterocycles. The lowest BCUT2D eigenvalue weighted by Gasteiger charge is -2.35. The quantitative estimate of drug-likeness (QED) is 0.882. The number of amides is 1. The highest BCUT2D eigenvalue weighted by Crippen LogP contribution is 2.32. The number of rotatable bonds is 4. The highest BCUT2D eigenvalue weighted by atomic mass is 16.6. The Labute approximate surface area is 157 Å². The maximum absolute atomic E-state index is 12.2. The zero-order valence-corrected chi connectivity index (χ0v) is 16.4. The van der Waals surface area contributed by atoms with E-state index in [0.717, 1.165) is 37.9 Å². The minimum atomic E-state index is -0.459. The smallest absolute Gasteiger partial charge is 0.410 e. The number of nitriles is 1. The molecule has 0 radical (unpaired) electrons. The van der Waals surface area contributed by atoms with Crippen LogP contribution in [-0.2, 0) is 4.74 Å². The van der Waals surface area contributed by atoms with Crippen LogP contribution in [0.4, 0.5) is 4.79 Å². The molecule has 0 saturated carbocycles. The fraction of sp³-hybridized carbons (Fsp3) is 0.619. The number of likely N-dealkylation sites (tertiary alicyclic amines) is 1. The fourth-order valence-electron chi connectivity index (χ4n) is 3.53. The lowest BCUT2D eigenvalue weighted by atomic mass is 9.80. The Morgan fingerprint density at radius 2 is 2.04 bits per heavy atom. The summed E-state index contributed by atoms with van der Waals surface area (Å²) in [7, 11) is 0. The molecule has 1 heterocycles. The van der Waals surface area contributed by atoms with Crippen molar-refractivity contribution in [2.75, 3.05) is 13.1 Å². The largest absolute Gasteiger partial charge is 0.444 e. The van der Waals surface area contributed by atoms with Crippen LogP contribution in [0.5, 0.6) is 0 Å². The second-order valence-electron chi connectivity index (χ2n) is 8.35. The van der Waals surface area contributed by atoms with E-state index in [1.165, 1.54) is 0 Å². The first-order valence-corrected chi connectivity index (χ1v) is 9.43. The maximum Gasteiger partial charge on any atom is 0.410 e. The minimum absolute atomic E-state index is 0.0211. The van der Waals surface area contributed by atoms with Crippen molar-refractivity contribution >= 4 is 6.09 Å². The van der Waals surface area contributed by atoms with Gasteiger partial charge in [-0.1, -0.05) is 12.1 Å². The fourth-order valence-corrected chi connectivity index (χ4v) is 3.53. The normalized spacial score (nSPS) is 18.1. The van der Waals surface area contributed by atoms with E-state index in [9.17, 15) is 4.79 Å². The molecule has 1 aliphatic rings. The molecule has 1 amide bonds. The van der Waals surface area contributed by atoms with Crippen LogP contribution in [0.25, 0.3) is 0 Å². The summed E-state index contributed by atoms with van der Waals surface area (Å²) >= 11 is 0. The summed E-state index contributed by atoms with van der Waals surface area (Å²) in [6.45, 7) is 9.15. The molecule has 1 aromatic carbocycles. The van der Waals surface area contributed by atoms with Gasteiger partial charge in [-0.2, -0.15) is 5.26 Å². The van der Waals surface area contributed by atoms with Crippen molar-refractivity contribution in [3.63, 3.8) is 0 Å². The zero-order chi connectivity index (χ0) is 19.3. The molecule has 0 unspecified atom stereocenters. The summed E-state index contributed by atoms with van der Waals surface area (Å²) in [6.07, 6.45) is 2.68. The molecule has 1 fully saturated rings. The van der Waals surface area contributed by atoms with Crippen molar-refractivity contribution in [2.45, 2.75) is 64.5 Å². The van der Waals surface area contributed by atoms with Gasteiger partial charge >= 0.3 is 6.09 Å². The van der Waals surface area contributed by atoms with Gasteiger partial charge in [0.2, 0.25) is 0 Å². The van der Waals surface area contributed by atoms with Gasteiger partial charge in [-0.05, 0) is 76.5 Å². The summed E-state index contributed by atoms with van der Waals surface area (Å²) in [5.74, 6) is 0.747. The Morgan fingerprint density at radius 3 is 2.58 bits per heavy atom. The molecule has 1 aromatic rings. The van der Waals surface area contributed by atoms with E-state index < -0.39 is 5.60 Å². The molecular weight excluding hydrogens is 326 g/mol. The van der Waals surface area contributed by atoms with Crippen LogP contribution < -0.4 is 5.73 Å². The summed E-state index contributed by atoms with van der Waals surface area (Å²) in [4.78, 5) is 14.0. The van der Waals surface area contributed by atoms with Crippen LogP contribution >= 0.6 is 0 Å². The monoisotopic (exact) mass is 357 g/mol. The third-order valence-corrected chi connectivity index (χ3v) is 4.93. The summed E-state index contributed by atoms with van der Waals surface area (Å²) in [6, 6.07) is 9.98. The Bertz CT molecular complexity index is 650. The van der Waals surface area contributed by atoms with E-state index in [-0.39, 0.29) is 18.1 Å².